The minimum Gasteiger partial charge on any atom is -0.395 e. The van der Waals surface area contributed by atoms with Gasteiger partial charge in [-0.1, -0.05) is 19.1 Å². The summed E-state index contributed by atoms with van der Waals surface area (Å²) in [6.07, 6.45) is 0.441. The van der Waals surface area contributed by atoms with Crippen LogP contribution in [0.2, 0.25) is 0 Å². The Hall–Kier alpha value is -1.88. The summed E-state index contributed by atoms with van der Waals surface area (Å²) >= 11 is 0. The molecule has 0 aliphatic heterocycles. The molecule has 0 saturated heterocycles. The molecule has 0 heterocycles. The fraction of sp³-hybridized carbons (Fsp3) is 0.385. The minimum absolute atomic E-state index is 0.0230. The second kappa shape index (κ2) is 7.45. The van der Waals surface area contributed by atoms with Crippen molar-refractivity contribution in [2.24, 2.45) is 0 Å². The van der Waals surface area contributed by atoms with Crippen LogP contribution in [0.15, 0.2) is 24.3 Å². The van der Waals surface area contributed by atoms with Crippen LogP contribution < -0.4 is 10.6 Å². The van der Waals surface area contributed by atoms with E-state index in [-0.39, 0.29) is 25.0 Å². The molecule has 5 heteroatoms. The summed E-state index contributed by atoms with van der Waals surface area (Å²) in [6.45, 7) is 2.34. The number of amides is 2. The average molecular weight is 250 g/mol. The molecule has 2 amide bonds. The van der Waals surface area contributed by atoms with Gasteiger partial charge in [-0.2, -0.15) is 0 Å². The molecule has 0 aliphatic carbocycles. The second-order valence-electron chi connectivity index (χ2n) is 3.81. The van der Waals surface area contributed by atoms with E-state index in [2.05, 4.69) is 10.6 Å². The normalized spacial score (nSPS) is 9.89. The first kappa shape index (κ1) is 14.2. The van der Waals surface area contributed by atoms with Gasteiger partial charge >= 0.3 is 0 Å². The van der Waals surface area contributed by atoms with Gasteiger partial charge in [0.2, 0.25) is 5.91 Å². The van der Waals surface area contributed by atoms with Gasteiger partial charge in [-0.25, -0.2) is 0 Å². The lowest BCUT2D eigenvalue weighted by Crippen LogP contribution is -2.26. The molecule has 0 unspecified atom stereocenters. The van der Waals surface area contributed by atoms with Crippen molar-refractivity contribution in [1.29, 1.82) is 0 Å². The molecular formula is C13H18N2O3. The molecular weight excluding hydrogens is 232 g/mol. The second-order valence-corrected chi connectivity index (χ2v) is 3.81. The number of carbonyl (C=O) groups excluding carboxylic acids is 2. The zero-order chi connectivity index (χ0) is 13.4. The number of carbonyl (C=O) groups is 2. The number of benzene rings is 1. The topological polar surface area (TPSA) is 78.4 Å². The smallest absolute Gasteiger partial charge is 0.251 e. The number of aliphatic hydroxyl groups excluding tert-OH is 1. The summed E-state index contributed by atoms with van der Waals surface area (Å²) in [5, 5.41) is 13.9. The van der Waals surface area contributed by atoms with Gasteiger partial charge in [-0.05, 0) is 17.7 Å². The fourth-order valence-corrected chi connectivity index (χ4v) is 1.42. The van der Waals surface area contributed by atoms with E-state index in [0.717, 1.165) is 5.56 Å². The third-order valence-corrected chi connectivity index (χ3v) is 2.40. The van der Waals surface area contributed by atoms with Crippen LogP contribution in [0.4, 0.5) is 0 Å². The monoisotopic (exact) mass is 250 g/mol. The van der Waals surface area contributed by atoms with E-state index in [0.29, 0.717) is 18.5 Å². The first-order chi connectivity index (χ1) is 8.67. The fourth-order valence-electron chi connectivity index (χ4n) is 1.42. The van der Waals surface area contributed by atoms with Crippen molar-refractivity contribution in [3.05, 3.63) is 35.4 Å². The van der Waals surface area contributed by atoms with Crippen LogP contribution >= 0.6 is 0 Å². The summed E-state index contributed by atoms with van der Waals surface area (Å²) in [6, 6.07) is 7.03. The minimum atomic E-state index is -0.229. The Bertz CT molecular complexity index is 418. The van der Waals surface area contributed by atoms with E-state index in [1.165, 1.54) is 0 Å². The van der Waals surface area contributed by atoms with E-state index in [1.54, 1.807) is 25.1 Å². The molecule has 1 aromatic rings. The molecule has 0 radical (unpaired) electrons. The highest BCUT2D eigenvalue weighted by Crippen LogP contribution is 2.05. The molecule has 0 bridgehead atoms. The Labute approximate surface area is 106 Å². The van der Waals surface area contributed by atoms with Gasteiger partial charge in [0.15, 0.2) is 0 Å². The van der Waals surface area contributed by atoms with Crippen LogP contribution in [0.1, 0.15) is 29.3 Å². The Kier molecular flexibility index (Phi) is 5.87. The van der Waals surface area contributed by atoms with Crippen LogP contribution in [-0.4, -0.2) is 30.1 Å². The molecule has 98 valence electrons. The molecule has 1 aromatic carbocycles. The van der Waals surface area contributed by atoms with Gasteiger partial charge in [0, 0.05) is 25.1 Å². The van der Waals surface area contributed by atoms with Gasteiger partial charge in [0.05, 0.1) is 6.61 Å². The van der Waals surface area contributed by atoms with Gasteiger partial charge in [0.25, 0.3) is 5.91 Å². The molecule has 0 fully saturated rings. The number of rotatable bonds is 6. The molecule has 5 nitrogen and oxygen atoms in total. The van der Waals surface area contributed by atoms with Crippen molar-refractivity contribution in [2.75, 3.05) is 13.2 Å². The van der Waals surface area contributed by atoms with E-state index in [1.807, 2.05) is 6.07 Å². The highest BCUT2D eigenvalue weighted by atomic mass is 16.3. The van der Waals surface area contributed by atoms with Crippen molar-refractivity contribution in [3.63, 3.8) is 0 Å². The lowest BCUT2D eigenvalue weighted by Gasteiger charge is -2.07. The first-order valence-electron chi connectivity index (χ1n) is 5.92. The maximum Gasteiger partial charge on any atom is 0.251 e. The van der Waals surface area contributed by atoms with Gasteiger partial charge in [-0.3, -0.25) is 9.59 Å². The predicted octanol–water partition coefficient (Wildman–Crippen LogP) is 0.435. The third kappa shape index (κ3) is 4.55. The summed E-state index contributed by atoms with van der Waals surface area (Å²) < 4.78 is 0. The predicted molar refractivity (Wildman–Crippen MR) is 68.0 cm³/mol. The van der Waals surface area contributed by atoms with Crippen molar-refractivity contribution in [2.45, 2.75) is 19.9 Å². The number of nitrogens with one attached hydrogen (secondary N) is 2. The summed E-state index contributed by atoms with van der Waals surface area (Å²) in [5.41, 5.74) is 1.39. The first-order valence-corrected chi connectivity index (χ1v) is 5.92. The summed E-state index contributed by atoms with van der Waals surface area (Å²) in [4.78, 5) is 22.8. The number of aliphatic hydroxyl groups is 1. The number of hydrogen-bond donors (Lipinski definition) is 3. The van der Waals surface area contributed by atoms with Crippen molar-refractivity contribution < 1.29 is 14.7 Å². The zero-order valence-corrected chi connectivity index (χ0v) is 10.4. The van der Waals surface area contributed by atoms with Gasteiger partial charge < -0.3 is 15.7 Å². The van der Waals surface area contributed by atoms with Crippen molar-refractivity contribution in [3.8, 4) is 0 Å². The SMILES string of the molecule is CCC(=O)NCc1cccc(C(=O)NCCO)c1. The molecule has 0 atom stereocenters. The quantitative estimate of drug-likeness (QED) is 0.685. The van der Waals surface area contributed by atoms with Gasteiger partial charge in [0.1, 0.15) is 0 Å². The lowest BCUT2D eigenvalue weighted by molar-refractivity contribution is -0.120. The van der Waals surface area contributed by atoms with Crippen LogP contribution in [0.5, 0.6) is 0 Å². The Morgan fingerprint density at radius 1 is 1.28 bits per heavy atom. The van der Waals surface area contributed by atoms with Crippen LogP contribution in [0, 0.1) is 0 Å². The largest absolute Gasteiger partial charge is 0.395 e. The lowest BCUT2D eigenvalue weighted by atomic mass is 10.1. The van der Waals surface area contributed by atoms with Crippen molar-refractivity contribution >= 4 is 11.8 Å². The summed E-state index contributed by atoms with van der Waals surface area (Å²) in [5.74, 6) is -0.252. The van der Waals surface area contributed by atoms with Crippen LogP contribution in [0.25, 0.3) is 0 Å². The Balaban J connectivity index is 2.61. The third-order valence-electron chi connectivity index (χ3n) is 2.40. The maximum atomic E-state index is 11.6. The molecule has 18 heavy (non-hydrogen) atoms. The average Bonchev–Trinajstić information content (AvgIpc) is 2.42. The zero-order valence-electron chi connectivity index (χ0n) is 10.4. The highest BCUT2D eigenvalue weighted by Gasteiger charge is 2.05. The summed E-state index contributed by atoms with van der Waals surface area (Å²) in [7, 11) is 0. The van der Waals surface area contributed by atoms with E-state index in [4.69, 9.17) is 5.11 Å². The molecule has 0 saturated carbocycles. The molecule has 0 spiro atoms. The molecule has 0 aromatic heterocycles. The van der Waals surface area contributed by atoms with E-state index in [9.17, 15) is 9.59 Å². The van der Waals surface area contributed by atoms with Gasteiger partial charge in [-0.15, -0.1) is 0 Å². The standard InChI is InChI=1S/C13H18N2O3/c1-2-12(17)15-9-10-4-3-5-11(8-10)13(18)14-6-7-16/h3-5,8,16H,2,6-7,9H2,1H3,(H,14,18)(H,15,17). The Morgan fingerprint density at radius 3 is 2.72 bits per heavy atom. The van der Waals surface area contributed by atoms with E-state index < -0.39 is 0 Å². The molecule has 1 rings (SSSR count). The van der Waals surface area contributed by atoms with Crippen LogP contribution in [0.3, 0.4) is 0 Å². The molecule has 0 aliphatic rings. The maximum absolute atomic E-state index is 11.6. The highest BCUT2D eigenvalue weighted by molar-refractivity contribution is 5.94. The van der Waals surface area contributed by atoms with E-state index >= 15 is 0 Å². The Morgan fingerprint density at radius 2 is 2.06 bits per heavy atom. The molecule has 3 N–H and O–H groups in total. The number of hydrogen-bond acceptors (Lipinski definition) is 3. The van der Waals surface area contributed by atoms with Crippen molar-refractivity contribution in [1.82, 2.24) is 10.6 Å². The van der Waals surface area contributed by atoms with Crippen LogP contribution in [-0.2, 0) is 11.3 Å².